The van der Waals surface area contributed by atoms with E-state index in [1.165, 1.54) is 24.3 Å². The Morgan fingerprint density at radius 1 is 0.279 bits per heavy atom. The first kappa shape index (κ1) is 45.3. The van der Waals surface area contributed by atoms with Gasteiger partial charge in [0.1, 0.15) is 0 Å². The Kier molecular flexibility index (Phi) is 12.3. The molecule has 0 radical (unpaired) electrons. The zero-order valence-electron chi connectivity index (χ0n) is 37.8. The van der Waals surface area contributed by atoms with Gasteiger partial charge in [-0.2, -0.15) is 26.3 Å². The lowest BCUT2D eigenvalue weighted by atomic mass is 9.89. The van der Waals surface area contributed by atoms with Crippen LogP contribution < -0.4 is 9.80 Å². The summed E-state index contributed by atoms with van der Waals surface area (Å²) in [5.41, 5.74) is 9.72. The number of fused-ring (bicyclic) bond motifs is 3. The number of rotatable bonds is 10. The number of hydrogen-bond acceptors (Lipinski definition) is 2. The summed E-state index contributed by atoms with van der Waals surface area (Å²) in [6.45, 7) is 8.16. The van der Waals surface area contributed by atoms with E-state index in [9.17, 15) is 26.3 Å². The summed E-state index contributed by atoms with van der Waals surface area (Å²) in [4.78, 5) is 4.31. The van der Waals surface area contributed by atoms with Gasteiger partial charge in [-0.1, -0.05) is 144 Å². The first-order valence-electron chi connectivity index (χ1n) is 22.2. The molecule has 0 saturated carbocycles. The van der Waals surface area contributed by atoms with E-state index in [1.807, 2.05) is 88.4 Å². The maximum absolute atomic E-state index is 14.8. The lowest BCUT2D eigenvalue weighted by Gasteiger charge is -2.26. The minimum Gasteiger partial charge on any atom is -0.311 e. The number of alkyl halides is 6. The van der Waals surface area contributed by atoms with E-state index in [0.717, 1.165) is 79.6 Å². The maximum atomic E-state index is 14.8. The molecule has 0 N–H and O–H groups in total. The molecule has 0 atom stereocenters. The fraction of sp³-hybridized carbons (Fsp3) is 0.100. The third kappa shape index (κ3) is 9.67. The number of aryl methyl sites for hydroxylation is 4. The molecule has 0 bridgehead atoms. The van der Waals surface area contributed by atoms with Crippen molar-refractivity contribution in [3.8, 4) is 0 Å². The highest BCUT2D eigenvalue weighted by atomic mass is 19.4. The molecule has 2 nitrogen and oxygen atoms in total. The molecule has 0 aliphatic carbocycles. The largest absolute Gasteiger partial charge is 0.417 e. The normalized spacial score (nSPS) is 12.1. The molecule has 9 rings (SSSR count). The smallest absolute Gasteiger partial charge is 0.311 e. The van der Waals surface area contributed by atoms with E-state index in [1.54, 1.807) is 12.2 Å². The predicted molar refractivity (Wildman–Crippen MR) is 271 cm³/mol. The predicted octanol–water partition coefficient (Wildman–Crippen LogP) is 18.5. The summed E-state index contributed by atoms with van der Waals surface area (Å²) < 4.78 is 88.8. The SMILES string of the molecule is Cc1ccc(N(c2ccc(C)cc2)c2ccc(/C=C\c3ccc4c(C(F)(F)F)c(C(F)(F)F)c5ccc(/C=C\c6ccc(N(c7ccc(C)cc7)c7ccc(C)cc7)cc6)cc5c4c3)cc2)cc1. The van der Waals surface area contributed by atoms with Gasteiger partial charge >= 0.3 is 12.4 Å². The van der Waals surface area contributed by atoms with Crippen LogP contribution in [0, 0.1) is 27.7 Å². The molecule has 0 spiro atoms. The number of nitrogens with zero attached hydrogens (tertiary/aromatic N) is 2. The van der Waals surface area contributed by atoms with Crippen molar-refractivity contribution in [3.05, 3.63) is 238 Å². The Morgan fingerprint density at radius 2 is 0.500 bits per heavy atom. The van der Waals surface area contributed by atoms with Gasteiger partial charge in [0.25, 0.3) is 0 Å². The molecule has 0 aliphatic rings. The molecular formula is C60H46F6N2. The van der Waals surface area contributed by atoms with Gasteiger partial charge in [0.15, 0.2) is 0 Å². The second-order valence-electron chi connectivity index (χ2n) is 17.2. The molecule has 0 fully saturated rings. The maximum Gasteiger partial charge on any atom is 0.417 e. The molecular weight excluding hydrogens is 863 g/mol. The highest BCUT2D eigenvalue weighted by Crippen LogP contribution is 2.49. The minimum atomic E-state index is -5.28. The van der Waals surface area contributed by atoms with Gasteiger partial charge in [0.05, 0.1) is 11.1 Å². The Labute approximate surface area is 392 Å². The topological polar surface area (TPSA) is 6.48 Å². The molecule has 0 amide bonds. The molecule has 8 heteroatoms. The Bertz CT molecular complexity index is 2980. The average Bonchev–Trinajstić information content (AvgIpc) is 3.32. The van der Waals surface area contributed by atoms with Crippen LogP contribution in [0.1, 0.15) is 55.6 Å². The van der Waals surface area contributed by atoms with Crippen molar-refractivity contribution in [2.24, 2.45) is 0 Å². The van der Waals surface area contributed by atoms with E-state index < -0.39 is 34.3 Å². The third-order valence-corrected chi connectivity index (χ3v) is 12.1. The van der Waals surface area contributed by atoms with Gasteiger partial charge in [0, 0.05) is 34.1 Å². The summed E-state index contributed by atoms with van der Waals surface area (Å²) in [5.74, 6) is 0. The van der Waals surface area contributed by atoms with Gasteiger partial charge in [-0.05, 0) is 156 Å². The molecule has 9 aromatic carbocycles. The van der Waals surface area contributed by atoms with Crippen molar-refractivity contribution in [2.75, 3.05) is 9.80 Å². The zero-order valence-corrected chi connectivity index (χ0v) is 37.8. The molecule has 68 heavy (non-hydrogen) atoms. The Hall–Kier alpha value is -7.84. The first-order chi connectivity index (χ1) is 32.6. The summed E-state index contributed by atoms with van der Waals surface area (Å²) >= 11 is 0. The van der Waals surface area contributed by atoms with Gasteiger partial charge < -0.3 is 9.80 Å². The zero-order chi connectivity index (χ0) is 47.7. The van der Waals surface area contributed by atoms with Gasteiger partial charge in [-0.15, -0.1) is 0 Å². The molecule has 0 saturated heterocycles. The van der Waals surface area contributed by atoms with Gasteiger partial charge in [0.2, 0.25) is 0 Å². The van der Waals surface area contributed by atoms with E-state index >= 15 is 0 Å². The van der Waals surface area contributed by atoms with E-state index in [2.05, 4.69) is 107 Å². The van der Waals surface area contributed by atoms with Crippen LogP contribution in [0.2, 0.25) is 0 Å². The number of anilines is 6. The second-order valence-corrected chi connectivity index (χ2v) is 17.2. The van der Waals surface area contributed by atoms with Crippen LogP contribution in [-0.4, -0.2) is 0 Å². The highest BCUT2D eigenvalue weighted by molar-refractivity contribution is 6.12. The van der Waals surface area contributed by atoms with Crippen molar-refractivity contribution in [2.45, 2.75) is 40.0 Å². The van der Waals surface area contributed by atoms with Crippen molar-refractivity contribution in [3.63, 3.8) is 0 Å². The lowest BCUT2D eigenvalue weighted by Crippen LogP contribution is -2.18. The quantitative estimate of drug-likeness (QED) is 0.0766. The van der Waals surface area contributed by atoms with Crippen LogP contribution in [-0.2, 0) is 12.4 Å². The lowest BCUT2D eigenvalue weighted by molar-refractivity contribution is -0.160. The van der Waals surface area contributed by atoms with E-state index in [0.29, 0.717) is 11.1 Å². The van der Waals surface area contributed by atoms with Crippen LogP contribution in [0.15, 0.2) is 182 Å². The number of hydrogen-bond donors (Lipinski definition) is 0. The van der Waals surface area contributed by atoms with E-state index in [4.69, 9.17) is 0 Å². The van der Waals surface area contributed by atoms with Crippen molar-refractivity contribution in [1.82, 2.24) is 0 Å². The fourth-order valence-corrected chi connectivity index (χ4v) is 8.59. The average molecular weight is 909 g/mol. The fourth-order valence-electron chi connectivity index (χ4n) is 8.59. The minimum absolute atomic E-state index is 0.0663. The van der Waals surface area contributed by atoms with Gasteiger partial charge in [-0.3, -0.25) is 0 Å². The van der Waals surface area contributed by atoms with Crippen LogP contribution in [0.4, 0.5) is 60.5 Å². The third-order valence-electron chi connectivity index (χ3n) is 12.1. The van der Waals surface area contributed by atoms with Crippen molar-refractivity contribution < 1.29 is 26.3 Å². The van der Waals surface area contributed by atoms with Crippen LogP contribution in [0.25, 0.3) is 45.8 Å². The molecule has 338 valence electrons. The first-order valence-corrected chi connectivity index (χ1v) is 22.2. The Morgan fingerprint density at radius 3 is 0.750 bits per heavy atom. The molecule has 0 heterocycles. The highest BCUT2D eigenvalue weighted by Gasteiger charge is 2.46. The van der Waals surface area contributed by atoms with Gasteiger partial charge in [-0.25, -0.2) is 0 Å². The standard InChI is InChI=1S/C60H46F6N2/c1-39-5-23-47(24-6-39)67(48-25-7-40(2)8-26-48)51-31-17-43(18-32-51)13-15-45-21-35-53-55(37-45)56-38-46(22-36-54(56)58(60(64,65)66)57(53)59(61,62)63)16-14-44-19-33-52(34-20-44)68(49-27-9-41(3)10-28-49)50-29-11-42(4)12-30-50/h5-38H,1-4H3/b15-13-,16-14-. The summed E-state index contributed by atoms with van der Waals surface area (Å²) in [6.07, 6.45) is -3.36. The summed E-state index contributed by atoms with van der Waals surface area (Å²) in [5, 5.41) is -0.905. The number of benzene rings is 9. The number of halogens is 6. The Balaban J connectivity index is 1.06. The van der Waals surface area contributed by atoms with Crippen LogP contribution >= 0.6 is 0 Å². The molecule has 0 aromatic heterocycles. The van der Waals surface area contributed by atoms with E-state index in [-0.39, 0.29) is 10.8 Å². The van der Waals surface area contributed by atoms with Crippen molar-refractivity contribution in [1.29, 1.82) is 0 Å². The second kappa shape index (κ2) is 18.4. The van der Waals surface area contributed by atoms with Crippen molar-refractivity contribution >= 4 is 80.0 Å². The summed E-state index contributed by atoms with van der Waals surface area (Å²) in [6, 6.07) is 57.1. The van der Waals surface area contributed by atoms with Crippen LogP contribution in [0.3, 0.4) is 0 Å². The molecule has 9 aromatic rings. The molecule has 0 unspecified atom stereocenters. The molecule has 0 aliphatic heterocycles. The summed E-state index contributed by atoms with van der Waals surface area (Å²) in [7, 11) is 0. The van der Waals surface area contributed by atoms with Crippen LogP contribution in [0.5, 0.6) is 0 Å². The monoisotopic (exact) mass is 908 g/mol.